The van der Waals surface area contributed by atoms with Crippen LogP contribution in [-0.2, 0) is 6.42 Å². The van der Waals surface area contributed by atoms with Gasteiger partial charge in [-0.2, -0.15) is 0 Å². The molecule has 0 aliphatic rings. The summed E-state index contributed by atoms with van der Waals surface area (Å²) < 4.78 is 0. The predicted molar refractivity (Wildman–Crippen MR) is 40.6 cm³/mol. The fourth-order valence-electron chi connectivity index (χ4n) is 0.824. The van der Waals surface area contributed by atoms with E-state index in [2.05, 4.69) is 38.1 Å². The van der Waals surface area contributed by atoms with Gasteiger partial charge >= 0.3 is 0 Å². The van der Waals surface area contributed by atoms with E-state index in [9.17, 15) is 0 Å². The van der Waals surface area contributed by atoms with Crippen molar-refractivity contribution in [3.63, 3.8) is 0 Å². The molecule has 0 nitrogen and oxygen atoms in total. The van der Waals surface area contributed by atoms with Crippen LogP contribution in [0.4, 0.5) is 0 Å². The second-order valence-corrected chi connectivity index (χ2v) is 2.34. The van der Waals surface area contributed by atoms with Crippen molar-refractivity contribution in [2.45, 2.75) is 20.3 Å². The van der Waals surface area contributed by atoms with Crippen LogP contribution in [0.1, 0.15) is 18.1 Å². The third-order valence-corrected chi connectivity index (χ3v) is 1.53. The van der Waals surface area contributed by atoms with Gasteiger partial charge in [-0.05, 0) is 18.9 Å². The number of hydrogen-bond acceptors (Lipinski definition) is 0. The van der Waals surface area contributed by atoms with Gasteiger partial charge in [-0.25, -0.2) is 0 Å². The Labute approximate surface area is 86.4 Å². The first-order chi connectivity index (χ1) is 4.33. The fourth-order valence-corrected chi connectivity index (χ4v) is 0.824. The molecule has 0 aromatic heterocycles. The Morgan fingerprint density at radius 1 is 1.10 bits per heavy atom. The smallest absolute Gasteiger partial charge is 0 e. The van der Waals surface area contributed by atoms with Crippen LogP contribution < -0.4 is 0 Å². The standard InChI is InChI=1S/C9H12.U/c1-3-9-6-4-8(2)5-7-9;/h4-7H,3H2,1-2H3;. The minimum absolute atomic E-state index is 0. The van der Waals surface area contributed by atoms with Crippen LogP contribution in [-0.4, -0.2) is 0 Å². The molecule has 0 unspecified atom stereocenters. The Morgan fingerprint density at radius 3 is 2.00 bits per heavy atom. The molecule has 1 heteroatoms. The second-order valence-electron chi connectivity index (χ2n) is 2.34. The van der Waals surface area contributed by atoms with Crippen molar-refractivity contribution in [2.75, 3.05) is 0 Å². The van der Waals surface area contributed by atoms with Crippen LogP contribution in [0, 0.1) is 38.0 Å². The van der Waals surface area contributed by atoms with Crippen LogP contribution in [0.15, 0.2) is 24.3 Å². The molecule has 0 aliphatic heterocycles. The molecule has 0 N–H and O–H groups in total. The number of benzene rings is 1. The molecule has 0 heterocycles. The van der Waals surface area contributed by atoms with Crippen molar-refractivity contribution in [3.8, 4) is 0 Å². The van der Waals surface area contributed by atoms with Crippen LogP contribution in [0.2, 0.25) is 0 Å². The molecule has 52 valence electrons. The van der Waals surface area contributed by atoms with Crippen molar-refractivity contribution >= 4 is 0 Å². The summed E-state index contributed by atoms with van der Waals surface area (Å²) >= 11 is 0. The zero-order valence-electron chi connectivity index (χ0n) is 6.52. The second kappa shape index (κ2) is 4.99. The van der Waals surface area contributed by atoms with Gasteiger partial charge in [0.25, 0.3) is 0 Å². The van der Waals surface area contributed by atoms with Crippen molar-refractivity contribution in [2.24, 2.45) is 0 Å². The molecule has 1 aromatic rings. The maximum atomic E-state index is 2.18. The molecule has 1 rings (SSSR count). The van der Waals surface area contributed by atoms with Crippen molar-refractivity contribution < 1.29 is 31.1 Å². The third-order valence-electron chi connectivity index (χ3n) is 1.53. The van der Waals surface area contributed by atoms with E-state index in [1.54, 1.807) is 0 Å². The Hall–Kier alpha value is 0.272. The fraction of sp³-hybridized carbons (Fsp3) is 0.333. The maximum Gasteiger partial charge on any atom is 0 e. The quantitative estimate of drug-likeness (QED) is 0.724. The Bertz CT molecular complexity index is 176. The zero-order valence-corrected chi connectivity index (χ0v) is 10.7. The summed E-state index contributed by atoms with van der Waals surface area (Å²) in [5, 5.41) is 0. The molecular formula is C9H12U. The summed E-state index contributed by atoms with van der Waals surface area (Å²) in [6.07, 6.45) is 1.14. The molecular weight excluding hydrogens is 346 g/mol. The van der Waals surface area contributed by atoms with Crippen LogP contribution in [0.25, 0.3) is 0 Å². The van der Waals surface area contributed by atoms with Gasteiger partial charge in [-0.15, -0.1) is 0 Å². The van der Waals surface area contributed by atoms with Crippen molar-refractivity contribution in [3.05, 3.63) is 35.4 Å². The number of hydrogen-bond donors (Lipinski definition) is 0. The normalized spacial score (nSPS) is 8.60. The maximum absolute atomic E-state index is 2.18. The number of rotatable bonds is 1. The molecule has 0 bridgehead atoms. The van der Waals surface area contributed by atoms with E-state index in [-0.39, 0.29) is 31.1 Å². The van der Waals surface area contributed by atoms with Gasteiger partial charge in [0.2, 0.25) is 0 Å². The summed E-state index contributed by atoms with van der Waals surface area (Å²) in [5.74, 6) is 0. The van der Waals surface area contributed by atoms with Gasteiger partial charge in [-0.3, -0.25) is 0 Å². The minimum atomic E-state index is 0. The summed E-state index contributed by atoms with van der Waals surface area (Å²) in [6, 6.07) is 8.66. The average molecular weight is 358 g/mol. The zero-order chi connectivity index (χ0) is 6.69. The van der Waals surface area contributed by atoms with Crippen LogP contribution >= 0.6 is 0 Å². The summed E-state index contributed by atoms with van der Waals surface area (Å²) in [5.41, 5.74) is 2.76. The van der Waals surface area contributed by atoms with Crippen LogP contribution in [0.5, 0.6) is 0 Å². The molecule has 10 heavy (non-hydrogen) atoms. The van der Waals surface area contributed by atoms with Gasteiger partial charge in [-0.1, -0.05) is 36.8 Å². The molecule has 0 atom stereocenters. The first kappa shape index (κ1) is 10.3. The molecule has 1 aromatic carbocycles. The van der Waals surface area contributed by atoms with Gasteiger partial charge < -0.3 is 0 Å². The molecule has 0 saturated heterocycles. The van der Waals surface area contributed by atoms with Gasteiger partial charge in [0, 0.05) is 31.1 Å². The summed E-state index contributed by atoms with van der Waals surface area (Å²) in [4.78, 5) is 0. The monoisotopic (exact) mass is 358 g/mol. The topological polar surface area (TPSA) is 0 Å². The van der Waals surface area contributed by atoms with Gasteiger partial charge in [0.1, 0.15) is 0 Å². The van der Waals surface area contributed by atoms with Gasteiger partial charge in [0.15, 0.2) is 0 Å². The van der Waals surface area contributed by atoms with Crippen molar-refractivity contribution in [1.82, 2.24) is 0 Å². The molecule has 0 aliphatic carbocycles. The van der Waals surface area contributed by atoms with Gasteiger partial charge in [0.05, 0.1) is 0 Å². The van der Waals surface area contributed by atoms with E-state index < -0.39 is 0 Å². The van der Waals surface area contributed by atoms with Crippen molar-refractivity contribution in [1.29, 1.82) is 0 Å². The average Bonchev–Trinajstić information content (AvgIpc) is 1.90. The van der Waals surface area contributed by atoms with E-state index in [4.69, 9.17) is 0 Å². The molecule has 0 radical (unpaired) electrons. The Balaban J connectivity index is 0.000000810. The first-order valence-electron chi connectivity index (χ1n) is 3.38. The van der Waals surface area contributed by atoms with E-state index in [0.29, 0.717) is 0 Å². The van der Waals surface area contributed by atoms with E-state index in [0.717, 1.165) is 6.42 Å². The third kappa shape index (κ3) is 2.90. The van der Waals surface area contributed by atoms with Crippen LogP contribution in [0.3, 0.4) is 0 Å². The first-order valence-corrected chi connectivity index (χ1v) is 3.38. The molecule has 0 saturated carbocycles. The summed E-state index contributed by atoms with van der Waals surface area (Å²) in [6.45, 7) is 4.28. The molecule has 0 amide bonds. The predicted octanol–water partition coefficient (Wildman–Crippen LogP) is 2.56. The van der Waals surface area contributed by atoms with E-state index >= 15 is 0 Å². The number of aryl methyl sites for hydroxylation is 2. The largest absolute Gasteiger partial charge is 0.0613 e. The minimum Gasteiger partial charge on any atom is -0.0613 e. The van der Waals surface area contributed by atoms with E-state index in [1.165, 1.54) is 11.1 Å². The Kier molecular flexibility index (Phi) is 5.13. The summed E-state index contributed by atoms with van der Waals surface area (Å²) in [7, 11) is 0. The molecule has 0 spiro atoms. The molecule has 0 fully saturated rings. The van der Waals surface area contributed by atoms with E-state index in [1.807, 2.05) is 0 Å². The Morgan fingerprint density at radius 2 is 1.60 bits per heavy atom. The SMILES string of the molecule is CCc1ccc(C)cc1.[U].